The second kappa shape index (κ2) is 5.47. The van der Waals surface area contributed by atoms with Crippen molar-refractivity contribution in [2.75, 3.05) is 0 Å². The summed E-state index contributed by atoms with van der Waals surface area (Å²) in [6.07, 6.45) is 8.53. The minimum Gasteiger partial charge on any atom is -0.306 e. The lowest BCUT2D eigenvalue weighted by Crippen LogP contribution is -2.29. The smallest absolute Gasteiger partial charge is 0.0451 e. The molecule has 2 heteroatoms. The average molecular weight is 221 g/mol. The monoisotopic (exact) mass is 221 g/mol. The van der Waals surface area contributed by atoms with Crippen LogP contribution in [0.2, 0.25) is 0 Å². The lowest BCUT2D eigenvalue weighted by molar-refractivity contribution is 0.446. The summed E-state index contributed by atoms with van der Waals surface area (Å²) in [7, 11) is 0. The third-order valence-electron chi connectivity index (χ3n) is 3.08. The van der Waals surface area contributed by atoms with E-state index in [2.05, 4.69) is 29.4 Å². The minimum absolute atomic E-state index is 0.491. The Hall–Kier alpha value is -0.600. The maximum Gasteiger partial charge on any atom is 0.0451 e. The molecule has 0 radical (unpaired) electrons. The van der Waals surface area contributed by atoms with Crippen LogP contribution >= 0.6 is 11.3 Å². The molecule has 1 N–H and O–H groups in total. The van der Waals surface area contributed by atoms with E-state index in [1.807, 2.05) is 17.4 Å². The maximum atomic E-state index is 3.85. The van der Waals surface area contributed by atoms with Crippen LogP contribution in [0.15, 0.2) is 30.2 Å². The zero-order valence-electron chi connectivity index (χ0n) is 9.11. The third-order valence-corrected chi connectivity index (χ3v) is 4.07. The summed E-state index contributed by atoms with van der Waals surface area (Å²) in [5.41, 5.74) is 0. The van der Waals surface area contributed by atoms with Crippen molar-refractivity contribution in [3.8, 4) is 0 Å². The number of rotatable bonds is 5. The van der Waals surface area contributed by atoms with Crippen LogP contribution in [0.3, 0.4) is 0 Å². The molecule has 1 nitrogen and oxygen atoms in total. The first-order valence-corrected chi connectivity index (χ1v) is 6.68. The molecule has 1 unspecified atom stereocenters. The van der Waals surface area contributed by atoms with Crippen molar-refractivity contribution in [1.82, 2.24) is 5.32 Å². The van der Waals surface area contributed by atoms with E-state index in [9.17, 15) is 0 Å². The standard InChI is InChI=1S/C13H19NS/c1-2-6-12(13-9-5-10-15-13)14-11-7-3-4-8-11/h2,5,9-12,14H,1,3-4,6-8H2. The Morgan fingerprint density at radius 2 is 2.33 bits per heavy atom. The molecule has 2 rings (SSSR count). The van der Waals surface area contributed by atoms with E-state index in [1.165, 1.54) is 30.6 Å². The van der Waals surface area contributed by atoms with Crippen LogP contribution in [0, 0.1) is 0 Å². The molecule has 0 spiro atoms. The van der Waals surface area contributed by atoms with Crippen molar-refractivity contribution in [3.63, 3.8) is 0 Å². The SMILES string of the molecule is C=CCC(NC1CCCC1)c1cccs1. The Labute approximate surface area is 96.2 Å². The predicted molar refractivity (Wildman–Crippen MR) is 67.3 cm³/mol. The van der Waals surface area contributed by atoms with E-state index in [0.717, 1.165) is 12.5 Å². The van der Waals surface area contributed by atoms with Crippen LogP contribution in [0.4, 0.5) is 0 Å². The highest BCUT2D eigenvalue weighted by atomic mass is 32.1. The Kier molecular flexibility index (Phi) is 3.98. The summed E-state index contributed by atoms with van der Waals surface area (Å²) >= 11 is 1.84. The summed E-state index contributed by atoms with van der Waals surface area (Å²) in [5.74, 6) is 0. The molecule has 0 aromatic carbocycles. The van der Waals surface area contributed by atoms with Gasteiger partial charge in [0, 0.05) is 17.0 Å². The van der Waals surface area contributed by atoms with E-state index in [-0.39, 0.29) is 0 Å². The minimum atomic E-state index is 0.491. The van der Waals surface area contributed by atoms with Crippen LogP contribution in [0.25, 0.3) is 0 Å². The Balaban J connectivity index is 1.96. The fourth-order valence-corrected chi connectivity index (χ4v) is 3.10. The van der Waals surface area contributed by atoms with Crippen molar-refractivity contribution in [2.24, 2.45) is 0 Å². The molecule has 15 heavy (non-hydrogen) atoms. The van der Waals surface area contributed by atoms with Crippen molar-refractivity contribution in [1.29, 1.82) is 0 Å². The molecule has 0 aliphatic heterocycles. The van der Waals surface area contributed by atoms with Gasteiger partial charge in [-0.3, -0.25) is 0 Å². The molecule has 0 amide bonds. The van der Waals surface area contributed by atoms with Crippen LogP contribution in [0.1, 0.15) is 43.0 Å². The fourth-order valence-electron chi connectivity index (χ4n) is 2.30. The maximum absolute atomic E-state index is 3.85. The van der Waals surface area contributed by atoms with Crippen molar-refractivity contribution < 1.29 is 0 Å². The quantitative estimate of drug-likeness (QED) is 0.744. The van der Waals surface area contributed by atoms with Crippen molar-refractivity contribution >= 4 is 11.3 Å². The lowest BCUT2D eigenvalue weighted by atomic mass is 10.1. The van der Waals surface area contributed by atoms with E-state index in [1.54, 1.807) is 0 Å². The van der Waals surface area contributed by atoms with Gasteiger partial charge < -0.3 is 5.32 Å². The molecule has 0 saturated heterocycles. The zero-order chi connectivity index (χ0) is 10.5. The molecule has 1 saturated carbocycles. The molecule has 1 aliphatic rings. The fraction of sp³-hybridized carbons (Fsp3) is 0.538. The summed E-state index contributed by atoms with van der Waals surface area (Å²) in [5, 5.41) is 5.91. The van der Waals surface area contributed by atoms with Gasteiger partial charge in [0.15, 0.2) is 0 Å². The van der Waals surface area contributed by atoms with Crippen LogP contribution in [0.5, 0.6) is 0 Å². The van der Waals surface area contributed by atoms with Gasteiger partial charge in [-0.2, -0.15) is 0 Å². The largest absolute Gasteiger partial charge is 0.306 e. The number of hydrogen-bond acceptors (Lipinski definition) is 2. The van der Waals surface area contributed by atoms with E-state index in [4.69, 9.17) is 0 Å². The van der Waals surface area contributed by atoms with Gasteiger partial charge in [0.05, 0.1) is 0 Å². The van der Waals surface area contributed by atoms with Gasteiger partial charge in [0.2, 0.25) is 0 Å². The molecule has 0 bridgehead atoms. The first-order valence-electron chi connectivity index (χ1n) is 5.80. The van der Waals surface area contributed by atoms with Crippen LogP contribution < -0.4 is 5.32 Å². The van der Waals surface area contributed by atoms with Gasteiger partial charge in [-0.15, -0.1) is 17.9 Å². The lowest BCUT2D eigenvalue weighted by Gasteiger charge is -2.20. The van der Waals surface area contributed by atoms with E-state index >= 15 is 0 Å². The van der Waals surface area contributed by atoms with E-state index in [0.29, 0.717) is 6.04 Å². The second-order valence-corrected chi connectivity index (χ2v) is 5.22. The molecule has 1 fully saturated rings. The predicted octanol–water partition coefficient (Wildman–Crippen LogP) is 3.90. The van der Waals surface area contributed by atoms with Crippen molar-refractivity contribution in [3.05, 3.63) is 35.0 Å². The van der Waals surface area contributed by atoms with Gasteiger partial charge in [-0.05, 0) is 30.7 Å². The van der Waals surface area contributed by atoms with Crippen LogP contribution in [-0.4, -0.2) is 6.04 Å². The highest BCUT2D eigenvalue weighted by molar-refractivity contribution is 7.10. The number of thiophene rings is 1. The third kappa shape index (κ3) is 2.93. The molecular formula is C13H19NS. The zero-order valence-corrected chi connectivity index (χ0v) is 9.93. The topological polar surface area (TPSA) is 12.0 Å². The Morgan fingerprint density at radius 1 is 1.53 bits per heavy atom. The highest BCUT2D eigenvalue weighted by Crippen LogP contribution is 2.26. The summed E-state index contributed by atoms with van der Waals surface area (Å²) in [6, 6.07) is 5.58. The average Bonchev–Trinajstić information content (AvgIpc) is 2.89. The molecule has 1 aromatic rings. The summed E-state index contributed by atoms with van der Waals surface area (Å²) in [6.45, 7) is 3.85. The first kappa shape index (κ1) is 10.9. The highest BCUT2D eigenvalue weighted by Gasteiger charge is 2.19. The number of nitrogens with one attached hydrogen (secondary N) is 1. The molecule has 1 atom stereocenters. The van der Waals surface area contributed by atoms with Crippen LogP contribution in [-0.2, 0) is 0 Å². The molecule has 1 heterocycles. The molecule has 1 aliphatic carbocycles. The van der Waals surface area contributed by atoms with Gasteiger partial charge in [-0.1, -0.05) is 25.0 Å². The Morgan fingerprint density at radius 3 is 2.93 bits per heavy atom. The Bertz CT molecular complexity index is 285. The molecule has 82 valence electrons. The summed E-state index contributed by atoms with van der Waals surface area (Å²) in [4.78, 5) is 1.45. The number of hydrogen-bond donors (Lipinski definition) is 1. The van der Waals surface area contributed by atoms with Gasteiger partial charge in [0.1, 0.15) is 0 Å². The second-order valence-electron chi connectivity index (χ2n) is 4.24. The normalized spacial score (nSPS) is 19.2. The van der Waals surface area contributed by atoms with Crippen molar-refractivity contribution in [2.45, 2.75) is 44.2 Å². The first-order chi connectivity index (χ1) is 7.40. The van der Waals surface area contributed by atoms with Gasteiger partial charge in [-0.25, -0.2) is 0 Å². The molecule has 1 aromatic heterocycles. The molecular weight excluding hydrogens is 202 g/mol. The summed E-state index contributed by atoms with van der Waals surface area (Å²) < 4.78 is 0. The van der Waals surface area contributed by atoms with E-state index < -0.39 is 0 Å². The van der Waals surface area contributed by atoms with Gasteiger partial charge in [0.25, 0.3) is 0 Å². The van der Waals surface area contributed by atoms with Gasteiger partial charge >= 0.3 is 0 Å².